The summed E-state index contributed by atoms with van der Waals surface area (Å²) in [6.45, 7) is 4.71. The average molecular weight is 408 g/mol. The fraction of sp³-hybridized carbons (Fsp3) is 0.375. The summed E-state index contributed by atoms with van der Waals surface area (Å²) in [6.07, 6.45) is 0. The zero-order valence-electron chi connectivity index (χ0n) is 18.1. The summed E-state index contributed by atoms with van der Waals surface area (Å²) in [7, 11) is 5.39. The van der Waals surface area contributed by atoms with Gasteiger partial charge in [-0.15, -0.1) is 0 Å². The van der Waals surface area contributed by atoms with Crippen molar-refractivity contribution in [3.8, 4) is 5.75 Å². The van der Waals surface area contributed by atoms with Crippen LogP contribution < -0.4 is 4.74 Å². The van der Waals surface area contributed by atoms with Gasteiger partial charge in [-0.25, -0.2) is 0 Å². The molecule has 2 unspecified atom stereocenters. The number of nitrogens with zero attached hydrogens (tertiary/aromatic N) is 2. The fourth-order valence-electron chi connectivity index (χ4n) is 3.88. The second-order valence-corrected chi connectivity index (χ2v) is 8.04. The molecule has 1 aliphatic heterocycles. The molecule has 6 nitrogen and oxygen atoms in total. The first-order valence-corrected chi connectivity index (χ1v) is 9.99. The molecule has 1 fully saturated rings. The quantitative estimate of drug-likeness (QED) is 0.400. The van der Waals surface area contributed by atoms with Gasteiger partial charge >= 0.3 is 0 Å². The van der Waals surface area contributed by atoms with Crippen molar-refractivity contribution in [2.24, 2.45) is 5.92 Å². The molecule has 6 heteroatoms. The van der Waals surface area contributed by atoms with Crippen molar-refractivity contribution >= 4 is 17.5 Å². The number of rotatable bonds is 7. The Balaban J connectivity index is 2.07. The van der Waals surface area contributed by atoms with E-state index in [2.05, 4.69) is 0 Å². The Hall–Kier alpha value is -2.99. The molecule has 30 heavy (non-hydrogen) atoms. The molecule has 1 saturated heterocycles. The Kier molecular flexibility index (Phi) is 6.37. The molecule has 1 aliphatic rings. The number of ketones is 2. The molecule has 158 valence electrons. The highest BCUT2D eigenvalue weighted by molar-refractivity contribution is 6.44. The second kappa shape index (κ2) is 8.79. The Morgan fingerprint density at radius 3 is 2.33 bits per heavy atom. The number of Topliss-reactive ketones (excluding diaryl/α,β-unsaturated/α-hetero) is 2. The number of likely N-dealkylation sites (tertiary alicyclic amines) is 1. The van der Waals surface area contributed by atoms with Crippen LogP contribution in [0.25, 0.3) is 0 Å². The molecule has 1 heterocycles. The van der Waals surface area contributed by atoms with E-state index in [1.165, 1.54) is 4.90 Å². The number of hydrogen-bond acceptors (Lipinski definition) is 5. The lowest BCUT2D eigenvalue weighted by Crippen LogP contribution is -2.36. The molecule has 0 N–H and O–H groups in total. The van der Waals surface area contributed by atoms with E-state index >= 15 is 0 Å². The maximum absolute atomic E-state index is 13.5. The van der Waals surface area contributed by atoms with Crippen LogP contribution in [-0.4, -0.2) is 61.6 Å². The van der Waals surface area contributed by atoms with E-state index in [1.54, 1.807) is 25.3 Å². The van der Waals surface area contributed by atoms with Crippen LogP contribution in [0, 0.1) is 19.8 Å². The van der Waals surface area contributed by atoms with Gasteiger partial charge < -0.3 is 14.5 Å². The van der Waals surface area contributed by atoms with Crippen LogP contribution in [0.1, 0.15) is 33.1 Å². The van der Waals surface area contributed by atoms with Gasteiger partial charge in [-0.05, 0) is 57.3 Å². The molecule has 0 aromatic heterocycles. The lowest BCUT2D eigenvalue weighted by molar-refractivity contribution is -0.140. The molecule has 3 rings (SSSR count). The van der Waals surface area contributed by atoms with Crippen molar-refractivity contribution in [2.45, 2.75) is 19.9 Å². The van der Waals surface area contributed by atoms with Gasteiger partial charge in [-0.1, -0.05) is 29.8 Å². The zero-order chi connectivity index (χ0) is 22.0. The van der Waals surface area contributed by atoms with Crippen molar-refractivity contribution in [2.75, 3.05) is 34.3 Å². The molecule has 0 aliphatic carbocycles. The van der Waals surface area contributed by atoms with E-state index in [9.17, 15) is 14.4 Å². The van der Waals surface area contributed by atoms with Crippen molar-refractivity contribution < 1.29 is 19.1 Å². The Morgan fingerprint density at radius 2 is 1.73 bits per heavy atom. The lowest BCUT2D eigenvalue weighted by atomic mass is 9.84. The van der Waals surface area contributed by atoms with Crippen LogP contribution in [-0.2, 0) is 9.59 Å². The lowest BCUT2D eigenvalue weighted by Gasteiger charge is -2.28. The van der Waals surface area contributed by atoms with E-state index < -0.39 is 23.7 Å². The second-order valence-electron chi connectivity index (χ2n) is 8.04. The minimum Gasteiger partial charge on any atom is -0.497 e. The Labute approximate surface area is 177 Å². The SMILES string of the molecule is COc1ccc(C2C(C(=O)c3cc(C)ccc3C)C(=O)C(=O)N2CCN(C)C)cc1. The first kappa shape index (κ1) is 21.7. The van der Waals surface area contributed by atoms with E-state index in [0.29, 0.717) is 24.4 Å². The molecule has 0 spiro atoms. The van der Waals surface area contributed by atoms with Crippen molar-refractivity contribution in [3.63, 3.8) is 0 Å². The molecule has 0 bridgehead atoms. The predicted octanol–water partition coefficient (Wildman–Crippen LogP) is 2.83. The van der Waals surface area contributed by atoms with Gasteiger partial charge in [0.1, 0.15) is 11.7 Å². The standard InChI is InChI=1S/C24H28N2O4/c1-15-6-7-16(2)19(14-15)22(27)20-21(17-8-10-18(30-5)11-9-17)26(13-12-25(3)4)24(29)23(20)28/h6-11,14,20-21H,12-13H2,1-5H3. The molecule has 1 amide bonds. The summed E-state index contributed by atoms with van der Waals surface area (Å²) in [5.74, 6) is -1.93. The normalized spacial score (nSPS) is 18.9. The monoisotopic (exact) mass is 408 g/mol. The highest BCUT2D eigenvalue weighted by Crippen LogP contribution is 2.39. The molecule has 2 aromatic carbocycles. The van der Waals surface area contributed by atoms with Gasteiger partial charge in [-0.3, -0.25) is 14.4 Å². The van der Waals surface area contributed by atoms with E-state index in [-0.39, 0.29) is 5.78 Å². The Morgan fingerprint density at radius 1 is 1.07 bits per heavy atom. The van der Waals surface area contributed by atoms with Crippen molar-refractivity contribution in [3.05, 3.63) is 64.7 Å². The Bertz CT molecular complexity index is 966. The number of likely N-dealkylation sites (N-methyl/N-ethyl adjacent to an activating group) is 1. The van der Waals surface area contributed by atoms with E-state index in [1.807, 2.05) is 57.1 Å². The summed E-state index contributed by atoms with van der Waals surface area (Å²) in [5, 5.41) is 0. The fourth-order valence-corrected chi connectivity index (χ4v) is 3.88. The van der Waals surface area contributed by atoms with Crippen LogP contribution in [0.5, 0.6) is 5.75 Å². The number of methoxy groups -OCH3 is 1. The van der Waals surface area contributed by atoms with E-state index in [4.69, 9.17) is 4.74 Å². The van der Waals surface area contributed by atoms with Crippen molar-refractivity contribution in [1.29, 1.82) is 0 Å². The van der Waals surface area contributed by atoms with Crippen molar-refractivity contribution in [1.82, 2.24) is 9.80 Å². The number of amides is 1. The number of hydrogen-bond donors (Lipinski definition) is 0. The highest BCUT2D eigenvalue weighted by Gasteiger charge is 2.51. The summed E-state index contributed by atoms with van der Waals surface area (Å²) in [4.78, 5) is 42.9. The maximum atomic E-state index is 13.5. The third kappa shape index (κ3) is 4.14. The predicted molar refractivity (Wildman–Crippen MR) is 115 cm³/mol. The van der Waals surface area contributed by atoms with Crippen LogP contribution >= 0.6 is 0 Å². The average Bonchev–Trinajstić information content (AvgIpc) is 2.98. The molecule has 2 aromatic rings. The minimum absolute atomic E-state index is 0.303. The van der Waals surface area contributed by atoms with Crippen LogP contribution in [0.15, 0.2) is 42.5 Å². The number of aryl methyl sites for hydroxylation is 2. The smallest absolute Gasteiger partial charge is 0.291 e. The number of carbonyl (C=O) groups is 3. The maximum Gasteiger partial charge on any atom is 0.291 e. The van der Waals surface area contributed by atoms with Gasteiger partial charge in [0.2, 0.25) is 5.78 Å². The number of ether oxygens (including phenoxy) is 1. The summed E-state index contributed by atoms with van der Waals surface area (Å²) >= 11 is 0. The van der Waals surface area contributed by atoms with Gasteiger partial charge in [0, 0.05) is 18.7 Å². The summed E-state index contributed by atoms with van der Waals surface area (Å²) in [5.41, 5.74) is 2.98. The first-order chi connectivity index (χ1) is 14.2. The summed E-state index contributed by atoms with van der Waals surface area (Å²) in [6, 6.07) is 12.2. The van der Waals surface area contributed by atoms with Gasteiger partial charge in [0.25, 0.3) is 5.91 Å². The van der Waals surface area contributed by atoms with Gasteiger partial charge in [0.05, 0.1) is 13.2 Å². The zero-order valence-corrected chi connectivity index (χ0v) is 18.1. The number of carbonyl (C=O) groups excluding carboxylic acids is 3. The highest BCUT2D eigenvalue weighted by atomic mass is 16.5. The van der Waals surface area contributed by atoms with Crippen LogP contribution in [0.3, 0.4) is 0 Å². The first-order valence-electron chi connectivity index (χ1n) is 9.99. The van der Waals surface area contributed by atoms with Gasteiger partial charge in [-0.2, -0.15) is 0 Å². The molecule has 0 saturated carbocycles. The molecular formula is C24H28N2O4. The largest absolute Gasteiger partial charge is 0.497 e. The summed E-state index contributed by atoms with van der Waals surface area (Å²) < 4.78 is 5.23. The molecule has 0 radical (unpaired) electrons. The van der Waals surface area contributed by atoms with E-state index in [0.717, 1.165) is 16.7 Å². The van der Waals surface area contributed by atoms with Crippen LogP contribution in [0.2, 0.25) is 0 Å². The van der Waals surface area contributed by atoms with Crippen LogP contribution in [0.4, 0.5) is 0 Å². The molecule has 2 atom stereocenters. The topological polar surface area (TPSA) is 66.9 Å². The minimum atomic E-state index is -1.06. The molecular weight excluding hydrogens is 380 g/mol. The third-order valence-electron chi connectivity index (χ3n) is 5.59. The third-order valence-corrected chi connectivity index (χ3v) is 5.59. The number of benzene rings is 2. The van der Waals surface area contributed by atoms with Gasteiger partial charge in [0.15, 0.2) is 5.78 Å².